The normalized spacial score (nSPS) is 34.8. The molecule has 1 atom stereocenters. The van der Waals surface area contributed by atoms with Crippen molar-refractivity contribution in [3.8, 4) is 0 Å². The molecule has 0 N–H and O–H groups in total. The van der Waals surface area contributed by atoms with E-state index < -0.39 is 17.3 Å². The van der Waals surface area contributed by atoms with Gasteiger partial charge in [-0.3, -0.25) is 0 Å². The third-order valence-corrected chi connectivity index (χ3v) is 5.53. The van der Waals surface area contributed by atoms with Gasteiger partial charge in [0.15, 0.2) is 0 Å². The summed E-state index contributed by atoms with van der Waals surface area (Å²) in [6, 6.07) is 2.42. The van der Waals surface area contributed by atoms with Crippen molar-refractivity contribution in [3.63, 3.8) is 0 Å². The Labute approximate surface area is 116 Å². The molecule has 2 fully saturated rings. The second-order valence-corrected chi connectivity index (χ2v) is 6.58. The summed E-state index contributed by atoms with van der Waals surface area (Å²) in [7, 11) is 0. The Kier molecular flexibility index (Phi) is 2.90. The molecule has 0 saturated heterocycles. The predicted molar refractivity (Wildman–Crippen MR) is 69.1 cm³/mol. The average Bonchev–Trinajstić information content (AvgIpc) is 2.89. The van der Waals surface area contributed by atoms with Gasteiger partial charge in [-0.15, -0.1) is 0 Å². The van der Waals surface area contributed by atoms with Crippen LogP contribution in [0, 0.1) is 17.0 Å². The third kappa shape index (κ3) is 1.89. The van der Waals surface area contributed by atoms with Crippen LogP contribution >= 0.6 is 11.6 Å². The molecule has 2 aliphatic carbocycles. The Morgan fingerprint density at radius 1 is 1.16 bits per heavy atom. The van der Waals surface area contributed by atoms with E-state index in [1.807, 2.05) is 0 Å². The number of hydrogen-bond acceptors (Lipinski definition) is 0. The molecule has 2 bridgehead atoms. The first kappa shape index (κ1) is 13.3. The van der Waals surface area contributed by atoms with Gasteiger partial charge in [-0.25, -0.2) is 13.2 Å². The van der Waals surface area contributed by atoms with Crippen molar-refractivity contribution in [2.75, 3.05) is 0 Å². The minimum absolute atomic E-state index is 0.0265. The van der Waals surface area contributed by atoms with Crippen molar-refractivity contribution in [2.45, 2.75) is 50.6 Å². The molecule has 0 amide bonds. The molecule has 4 heteroatoms. The highest BCUT2D eigenvalue weighted by Gasteiger charge is 2.57. The van der Waals surface area contributed by atoms with Crippen molar-refractivity contribution in [2.24, 2.45) is 5.41 Å². The van der Waals surface area contributed by atoms with Crippen LogP contribution in [0.4, 0.5) is 13.2 Å². The fourth-order valence-electron chi connectivity index (χ4n) is 4.01. The standard InChI is InChI=1S/C15H16ClF3/c1-9(12-11(17)3-2-10(16)13(12)18)14-4-6-15(19,8-14)7-5-14/h2-3,9H,4-8H2,1H3. The van der Waals surface area contributed by atoms with Crippen LogP contribution in [-0.4, -0.2) is 5.67 Å². The largest absolute Gasteiger partial charge is 0.244 e. The molecule has 1 unspecified atom stereocenters. The van der Waals surface area contributed by atoms with Gasteiger partial charge >= 0.3 is 0 Å². The molecule has 0 aromatic heterocycles. The van der Waals surface area contributed by atoms with E-state index in [-0.39, 0.29) is 21.9 Å². The first-order valence-electron chi connectivity index (χ1n) is 6.69. The SMILES string of the molecule is CC(c1c(F)ccc(Cl)c1F)C12CCC(F)(CC1)C2. The van der Waals surface area contributed by atoms with E-state index in [4.69, 9.17) is 11.6 Å². The zero-order chi connectivity index (χ0) is 13.8. The van der Waals surface area contributed by atoms with Gasteiger partial charge < -0.3 is 0 Å². The van der Waals surface area contributed by atoms with Gasteiger partial charge in [0.05, 0.1) is 5.02 Å². The molecule has 0 aliphatic heterocycles. The van der Waals surface area contributed by atoms with E-state index in [2.05, 4.69) is 0 Å². The van der Waals surface area contributed by atoms with Crippen LogP contribution in [0.1, 0.15) is 50.5 Å². The number of hydrogen-bond donors (Lipinski definition) is 0. The van der Waals surface area contributed by atoms with Gasteiger partial charge in [0, 0.05) is 5.56 Å². The van der Waals surface area contributed by atoms with E-state index in [9.17, 15) is 13.2 Å². The van der Waals surface area contributed by atoms with E-state index in [0.29, 0.717) is 32.1 Å². The average molecular weight is 289 g/mol. The lowest BCUT2D eigenvalue weighted by Gasteiger charge is -2.34. The molecule has 104 valence electrons. The maximum Gasteiger partial charge on any atom is 0.148 e. The van der Waals surface area contributed by atoms with Crippen LogP contribution in [0.3, 0.4) is 0 Å². The summed E-state index contributed by atoms with van der Waals surface area (Å²) in [6.45, 7) is 1.80. The van der Waals surface area contributed by atoms with Crippen LogP contribution in [0.2, 0.25) is 5.02 Å². The fraction of sp³-hybridized carbons (Fsp3) is 0.600. The van der Waals surface area contributed by atoms with E-state index in [0.717, 1.165) is 0 Å². The molecule has 0 nitrogen and oxygen atoms in total. The summed E-state index contributed by atoms with van der Waals surface area (Å²) in [5.74, 6) is -1.61. The second-order valence-electron chi connectivity index (χ2n) is 6.17. The highest BCUT2D eigenvalue weighted by atomic mass is 35.5. The van der Waals surface area contributed by atoms with Crippen molar-refractivity contribution in [1.82, 2.24) is 0 Å². The summed E-state index contributed by atoms with van der Waals surface area (Å²) in [5, 5.41) is -0.0674. The van der Waals surface area contributed by atoms with Crippen LogP contribution in [-0.2, 0) is 0 Å². The van der Waals surface area contributed by atoms with Crippen molar-refractivity contribution < 1.29 is 13.2 Å². The highest BCUT2D eigenvalue weighted by Crippen LogP contribution is 2.64. The number of rotatable bonds is 2. The van der Waals surface area contributed by atoms with Crippen LogP contribution in [0.15, 0.2) is 12.1 Å². The van der Waals surface area contributed by atoms with Gasteiger partial charge in [-0.2, -0.15) is 0 Å². The first-order valence-corrected chi connectivity index (χ1v) is 7.07. The smallest absolute Gasteiger partial charge is 0.148 e. The Morgan fingerprint density at radius 3 is 2.32 bits per heavy atom. The molecule has 0 heterocycles. The van der Waals surface area contributed by atoms with Crippen LogP contribution in [0.5, 0.6) is 0 Å². The second kappa shape index (κ2) is 4.15. The zero-order valence-electron chi connectivity index (χ0n) is 10.8. The molecule has 2 saturated carbocycles. The summed E-state index contributed by atoms with van der Waals surface area (Å²) < 4.78 is 42.3. The van der Waals surface area contributed by atoms with Crippen molar-refractivity contribution in [3.05, 3.63) is 34.4 Å². The number of alkyl halides is 1. The first-order chi connectivity index (χ1) is 8.87. The number of halogens is 4. The lowest BCUT2D eigenvalue weighted by Crippen LogP contribution is -2.24. The molecule has 3 rings (SSSR count). The maximum atomic E-state index is 14.3. The third-order valence-electron chi connectivity index (χ3n) is 5.24. The Balaban J connectivity index is 2.02. The molecule has 1 aromatic rings. The minimum Gasteiger partial charge on any atom is -0.244 e. The minimum atomic E-state index is -1.11. The lowest BCUT2D eigenvalue weighted by molar-refractivity contribution is 0.175. The summed E-state index contributed by atoms with van der Waals surface area (Å²) in [6.07, 6.45) is 2.86. The summed E-state index contributed by atoms with van der Waals surface area (Å²) in [4.78, 5) is 0. The lowest BCUT2D eigenvalue weighted by atomic mass is 9.70. The topological polar surface area (TPSA) is 0 Å². The van der Waals surface area contributed by atoms with E-state index in [1.165, 1.54) is 12.1 Å². The quantitative estimate of drug-likeness (QED) is 0.640. The monoisotopic (exact) mass is 288 g/mol. The number of fused-ring (bicyclic) bond motifs is 2. The fourth-order valence-corrected chi connectivity index (χ4v) is 4.18. The Bertz CT molecular complexity index is 518. The van der Waals surface area contributed by atoms with Gasteiger partial charge in [0.2, 0.25) is 0 Å². The summed E-state index contributed by atoms with van der Waals surface area (Å²) >= 11 is 5.75. The van der Waals surface area contributed by atoms with Crippen molar-refractivity contribution in [1.29, 1.82) is 0 Å². The molecular formula is C15H16ClF3. The molecule has 2 aliphatic rings. The number of benzene rings is 1. The highest BCUT2D eigenvalue weighted by molar-refractivity contribution is 6.30. The molecular weight excluding hydrogens is 273 g/mol. The Hall–Kier alpha value is -0.700. The zero-order valence-corrected chi connectivity index (χ0v) is 11.5. The van der Waals surface area contributed by atoms with Gasteiger partial charge in [-0.1, -0.05) is 18.5 Å². The van der Waals surface area contributed by atoms with Crippen LogP contribution < -0.4 is 0 Å². The van der Waals surface area contributed by atoms with Gasteiger partial charge in [-0.05, 0) is 55.6 Å². The molecule has 1 aromatic carbocycles. The molecule has 19 heavy (non-hydrogen) atoms. The Morgan fingerprint density at radius 2 is 1.79 bits per heavy atom. The molecule has 0 radical (unpaired) electrons. The van der Waals surface area contributed by atoms with Gasteiger partial charge in [0.1, 0.15) is 17.3 Å². The molecule has 0 spiro atoms. The predicted octanol–water partition coefficient (Wildman–Crippen LogP) is 5.39. The van der Waals surface area contributed by atoms with E-state index >= 15 is 0 Å². The van der Waals surface area contributed by atoms with Crippen molar-refractivity contribution >= 4 is 11.6 Å². The van der Waals surface area contributed by atoms with Gasteiger partial charge in [0.25, 0.3) is 0 Å². The van der Waals surface area contributed by atoms with Crippen LogP contribution in [0.25, 0.3) is 0 Å². The summed E-state index contributed by atoms with van der Waals surface area (Å²) in [5.41, 5.74) is -1.39. The van der Waals surface area contributed by atoms with E-state index in [1.54, 1.807) is 6.92 Å². The maximum absolute atomic E-state index is 14.3.